The summed E-state index contributed by atoms with van der Waals surface area (Å²) < 4.78 is 11.2. The van der Waals surface area contributed by atoms with Crippen molar-refractivity contribution in [2.24, 2.45) is 0 Å². The first-order valence-electron chi connectivity index (χ1n) is 6.19. The summed E-state index contributed by atoms with van der Waals surface area (Å²) in [4.78, 5) is 0. The molecule has 0 aromatic heterocycles. The summed E-state index contributed by atoms with van der Waals surface area (Å²) in [5.74, 6) is 1.63. The van der Waals surface area contributed by atoms with Gasteiger partial charge >= 0.3 is 0 Å². The molecule has 0 fully saturated rings. The molecule has 0 saturated carbocycles. The number of methoxy groups -OCH3 is 1. The highest BCUT2D eigenvalue weighted by atomic mass is 16.5. The summed E-state index contributed by atoms with van der Waals surface area (Å²) >= 11 is 0. The lowest BCUT2D eigenvalue weighted by Crippen LogP contribution is -2.22. The molecule has 3 heteroatoms. The number of benzene rings is 1. The van der Waals surface area contributed by atoms with Crippen molar-refractivity contribution in [1.29, 1.82) is 0 Å². The van der Waals surface area contributed by atoms with Gasteiger partial charge in [-0.05, 0) is 51.1 Å². The first kappa shape index (κ1) is 13.8. The molecular weight excluding hydrogens is 214 g/mol. The summed E-state index contributed by atoms with van der Waals surface area (Å²) in [5, 5.41) is 3.29. The minimum Gasteiger partial charge on any atom is -0.493 e. The van der Waals surface area contributed by atoms with E-state index in [1.54, 1.807) is 7.11 Å². The number of ether oxygens (including phenoxy) is 2. The van der Waals surface area contributed by atoms with Crippen molar-refractivity contribution in [3.05, 3.63) is 23.8 Å². The summed E-state index contributed by atoms with van der Waals surface area (Å²) in [6.45, 7) is 8.21. The van der Waals surface area contributed by atoms with Crippen LogP contribution in [0.25, 0.3) is 0 Å². The molecule has 0 saturated heterocycles. The van der Waals surface area contributed by atoms with Crippen LogP contribution in [0.2, 0.25) is 0 Å². The van der Waals surface area contributed by atoms with Gasteiger partial charge in [0.2, 0.25) is 0 Å². The lowest BCUT2D eigenvalue weighted by atomic mass is 10.2. The molecule has 0 bridgehead atoms. The van der Waals surface area contributed by atoms with E-state index in [0.29, 0.717) is 0 Å². The van der Waals surface area contributed by atoms with Gasteiger partial charge in [0.25, 0.3) is 0 Å². The Kier molecular flexibility index (Phi) is 5.84. The van der Waals surface area contributed by atoms with Gasteiger partial charge in [0, 0.05) is 0 Å². The summed E-state index contributed by atoms with van der Waals surface area (Å²) in [7, 11) is 1.67. The fourth-order valence-electron chi connectivity index (χ4n) is 1.63. The van der Waals surface area contributed by atoms with E-state index in [1.807, 2.05) is 25.1 Å². The fourth-order valence-corrected chi connectivity index (χ4v) is 1.63. The van der Waals surface area contributed by atoms with E-state index < -0.39 is 0 Å². The van der Waals surface area contributed by atoms with Crippen LogP contribution in [0.3, 0.4) is 0 Å². The van der Waals surface area contributed by atoms with Gasteiger partial charge in [0.05, 0.1) is 13.2 Å². The second kappa shape index (κ2) is 7.17. The highest BCUT2D eigenvalue weighted by Gasteiger charge is 2.08. The maximum absolute atomic E-state index is 5.87. The number of rotatable bonds is 7. The molecular formula is C14H23NO2. The van der Waals surface area contributed by atoms with E-state index in [-0.39, 0.29) is 6.10 Å². The van der Waals surface area contributed by atoms with E-state index in [1.165, 1.54) is 5.56 Å². The van der Waals surface area contributed by atoms with Gasteiger partial charge in [-0.2, -0.15) is 0 Å². The van der Waals surface area contributed by atoms with Gasteiger partial charge < -0.3 is 14.8 Å². The summed E-state index contributed by atoms with van der Waals surface area (Å²) in [6.07, 6.45) is 1.18. The van der Waals surface area contributed by atoms with Gasteiger partial charge in [-0.15, -0.1) is 0 Å². The van der Waals surface area contributed by atoms with Gasteiger partial charge in [-0.3, -0.25) is 0 Å². The van der Waals surface area contributed by atoms with E-state index in [0.717, 1.165) is 31.0 Å². The molecule has 3 nitrogen and oxygen atoms in total. The molecule has 0 spiro atoms. The third kappa shape index (κ3) is 4.65. The van der Waals surface area contributed by atoms with Crippen LogP contribution in [-0.4, -0.2) is 26.3 Å². The lowest BCUT2D eigenvalue weighted by molar-refractivity contribution is 0.201. The predicted molar refractivity (Wildman–Crippen MR) is 71.0 cm³/mol. The Balaban J connectivity index is 2.55. The number of hydrogen-bond donors (Lipinski definition) is 1. The van der Waals surface area contributed by atoms with Crippen molar-refractivity contribution in [3.63, 3.8) is 0 Å². The molecule has 1 rings (SSSR count). The SMILES string of the molecule is CCNCCC(C)Oc1ccc(C)cc1OC. The molecule has 0 heterocycles. The third-order valence-corrected chi connectivity index (χ3v) is 2.62. The number of nitrogens with one attached hydrogen (secondary N) is 1. The summed E-state index contributed by atoms with van der Waals surface area (Å²) in [6, 6.07) is 6.00. The fraction of sp³-hybridized carbons (Fsp3) is 0.571. The third-order valence-electron chi connectivity index (χ3n) is 2.62. The Bertz CT molecular complexity index is 339. The van der Waals surface area contributed by atoms with Crippen LogP contribution in [0.15, 0.2) is 18.2 Å². The highest BCUT2D eigenvalue weighted by molar-refractivity contribution is 5.42. The molecule has 1 atom stereocenters. The molecule has 1 unspecified atom stereocenters. The Labute approximate surface area is 104 Å². The second-order valence-electron chi connectivity index (χ2n) is 4.23. The molecule has 0 aliphatic heterocycles. The van der Waals surface area contributed by atoms with Crippen LogP contribution in [0.4, 0.5) is 0 Å². The van der Waals surface area contributed by atoms with Gasteiger partial charge in [0.1, 0.15) is 0 Å². The molecule has 96 valence electrons. The van der Waals surface area contributed by atoms with E-state index in [9.17, 15) is 0 Å². The van der Waals surface area contributed by atoms with Crippen LogP contribution < -0.4 is 14.8 Å². The average molecular weight is 237 g/mol. The first-order chi connectivity index (χ1) is 8.17. The normalized spacial score (nSPS) is 12.2. The smallest absolute Gasteiger partial charge is 0.161 e. The van der Waals surface area contributed by atoms with Gasteiger partial charge in [0.15, 0.2) is 11.5 Å². The minimum atomic E-state index is 0.186. The van der Waals surface area contributed by atoms with E-state index in [2.05, 4.69) is 19.2 Å². The van der Waals surface area contributed by atoms with Crippen molar-refractivity contribution < 1.29 is 9.47 Å². The van der Waals surface area contributed by atoms with Crippen molar-refractivity contribution in [1.82, 2.24) is 5.32 Å². The van der Waals surface area contributed by atoms with Crippen molar-refractivity contribution in [2.45, 2.75) is 33.3 Å². The van der Waals surface area contributed by atoms with Crippen molar-refractivity contribution in [2.75, 3.05) is 20.2 Å². The Morgan fingerprint density at radius 2 is 2.06 bits per heavy atom. The Hall–Kier alpha value is -1.22. The zero-order valence-electron chi connectivity index (χ0n) is 11.2. The predicted octanol–water partition coefficient (Wildman–Crippen LogP) is 2.77. The zero-order valence-corrected chi connectivity index (χ0v) is 11.2. The molecule has 0 aliphatic carbocycles. The van der Waals surface area contributed by atoms with Crippen LogP contribution in [0, 0.1) is 6.92 Å². The molecule has 0 radical (unpaired) electrons. The molecule has 1 aromatic rings. The zero-order chi connectivity index (χ0) is 12.7. The molecule has 0 aliphatic rings. The van der Waals surface area contributed by atoms with Gasteiger partial charge in [-0.1, -0.05) is 13.0 Å². The second-order valence-corrected chi connectivity index (χ2v) is 4.23. The van der Waals surface area contributed by atoms with Crippen molar-refractivity contribution >= 4 is 0 Å². The lowest BCUT2D eigenvalue weighted by Gasteiger charge is -2.17. The quantitative estimate of drug-likeness (QED) is 0.740. The molecule has 1 N–H and O–H groups in total. The molecule has 1 aromatic carbocycles. The minimum absolute atomic E-state index is 0.186. The number of aryl methyl sites for hydroxylation is 1. The standard InChI is InChI=1S/C14H23NO2/c1-5-15-9-8-12(3)17-13-7-6-11(2)10-14(13)16-4/h6-7,10,12,15H,5,8-9H2,1-4H3. The van der Waals surface area contributed by atoms with Crippen LogP contribution in [-0.2, 0) is 0 Å². The Morgan fingerprint density at radius 1 is 1.29 bits per heavy atom. The average Bonchev–Trinajstić information content (AvgIpc) is 2.32. The maximum Gasteiger partial charge on any atom is 0.161 e. The number of hydrogen-bond acceptors (Lipinski definition) is 3. The molecule has 0 amide bonds. The van der Waals surface area contributed by atoms with Crippen LogP contribution in [0.5, 0.6) is 11.5 Å². The first-order valence-corrected chi connectivity index (χ1v) is 6.19. The topological polar surface area (TPSA) is 30.5 Å². The van der Waals surface area contributed by atoms with Crippen LogP contribution in [0.1, 0.15) is 25.8 Å². The summed E-state index contributed by atoms with van der Waals surface area (Å²) in [5.41, 5.74) is 1.18. The van der Waals surface area contributed by atoms with E-state index in [4.69, 9.17) is 9.47 Å². The van der Waals surface area contributed by atoms with Crippen LogP contribution >= 0.6 is 0 Å². The Morgan fingerprint density at radius 3 is 2.71 bits per heavy atom. The largest absolute Gasteiger partial charge is 0.493 e. The highest BCUT2D eigenvalue weighted by Crippen LogP contribution is 2.28. The van der Waals surface area contributed by atoms with Gasteiger partial charge in [-0.25, -0.2) is 0 Å². The maximum atomic E-state index is 5.87. The molecule has 17 heavy (non-hydrogen) atoms. The van der Waals surface area contributed by atoms with E-state index >= 15 is 0 Å². The monoisotopic (exact) mass is 237 g/mol. The van der Waals surface area contributed by atoms with Crippen molar-refractivity contribution in [3.8, 4) is 11.5 Å².